The second kappa shape index (κ2) is 8.84. The number of carbonyl (C=O) groups is 2. The fourth-order valence-corrected chi connectivity index (χ4v) is 3.13. The minimum atomic E-state index is -0.283. The van der Waals surface area contributed by atoms with Gasteiger partial charge in [0.1, 0.15) is 0 Å². The third-order valence-corrected chi connectivity index (χ3v) is 4.59. The van der Waals surface area contributed by atoms with Gasteiger partial charge in [0.05, 0.1) is 5.92 Å². The summed E-state index contributed by atoms with van der Waals surface area (Å²) in [6, 6.07) is 6.09. The highest BCUT2D eigenvalue weighted by molar-refractivity contribution is 5.94. The summed E-state index contributed by atoms with van der Waals surface area (Å²) in [5.74, 6) is -0.0847. The predicted molar refractivity (Wildman–Crippen MR) is 101 cm³/mol. The second-order valence-corrected chi connectivity index (χ2v) is 7.26. The SMILES string of the molecule is CC(C)c1cccc(C(C)C)c1NC(=O)COC(=O)[C@H]1CC=CCC1. The number of nitrogens with one attached hydrogen (secondary N) is 1. The van der Waals surface area contributed by atoms with E-state index >= 15 is 0 Å². The summed E-state index contributed by atoms with van der Waals surface area (Å²) in [6.45, 7) is 8.18. The molecule has 4 heteroatoms. The van der Waals surface area contributed by atoms with E-state index in [1.54, 1.807) is 0 Å². The first-order valence-electron chi connectivity index (χ1n) is 9.14. The number of hydrogen-bond donors (Lipinski definition) is 1. The first kappa shape index (κ1) is 19.2. The quantitative estimate of drug-likeness (QED) is 0.598. The molecule has 0 radical (unpaired) electrons. The largest absolute Gasteiger partial charge is 0.455 e. The van der Waals surface area contributed by atoms with Crippen molar-refractivity contribution in [3.05, 3.63) is 41.5 Å². The van der Waals surface area contributed by atoms with Gasteiger partial charge in [-0.3, -0.25) is 9.59 Å². The van der Waals surface area contributed by atoms with Gasteiger partial charge in [-0.25, -0.2) is 0 Å². The average Bonchev–Trinajstić information content (AvgIpc) is 2.60. The van der Waals surface area contributed by atoms with Gasteiger partial charge in [-0.05, 0) is 42.2 Å². The second-order valence-electron chi connectivity index (χ2n) is 7.26. The molecule has 1 aliphatic carbocycles. The van der Waals surface area contributed by atoms with Crippen molar-refractivity contribution in [1.82, 2.24) is 0 Å². The zero-order valence-corrected chi connectivity index (χ0v) is 15.7. The van der Waals surface area contributed by atoms with Crippen LogP contribution in [0.15, 0.2) is 30.4 Å². The summed E-state index contributed by atoms with van der Waals surface area (Å²) in [5, 5.41) is 2.97. The van der Waals surface area contributed by atoms with E-state index < -0.39 is 0 Å². The normalized spacial score (nSPS) is 17.0. The third-order valence-electron chi connectivity index (χ3n) is 4.59. The summed E-state index contributed by atoms with van der Waals surface area (Å²) in [6.07, 6.45) is 6.47. The van der Waals surface area contributed by atoms with E-state index in [2.05, 4.69) is 39.1 Å². The lowest BCUT2D eigenvalue weighted by Gasteiger charge is -2.20. The van der Waals surface area contributed by atoms with Gasteiger partial charge in [-0.15, -0.1) is 0 Å². The smallest absolute Gasteiger partial charge is 0.309 e. The van der Waals surface area contributed by atoms with E-state index in [1.807, 2.05) is 24.3 Å². The molecule has 0 bridgehead atoms. The van der Waals surface area contributed by atoms with Crippen molar-refractivity contribution in [1.29, 1.82) is 0 Å². The Morgan fingerprint density at radius 1 is 1.12 bits per heavy atom. The molecule has 1 aliphatic rings. The van der Waals surface area contributed by atoms with Crippen molar-refractivity contribution in [2.24, 2.45) is 5.92 Å². The number of anilines is 1. The van der Waals surface area contributed by atoms with Crippen molar-refractivity contribution in [2.45, 2.75) is 58.8 Å². The van der Waals surface area contributed by atoms with Crippen molar-refractivity contribution in [2.75, 3.05) is 11.9 Å². The Kier molecular flexibility index (Phi) is 6.80. The zero-order valence-electron chi connectivity index (χ0n) is 15.7. The highest BCUT2D eigenvalue weighted by atomic mass is 16.5. The molecule has 25 heavy (non-hydrogen) atoms. The number of hydrogen-bond acceptors (Lipinski definition) is 3. The van der Waals surface area contributed by atoms with Gasteiger partial charge in [0, 0.05) is 5.69 Å². The predicted octanol–water partition coefficient (Wildman–Crippen LogP) is 4.77. The Labute approximate surface area is 150 Å². The summed E-state index contributed by atoms with van der Waals surface area (Å²) < 4.78 is 5.23. The maximum atomic E-state index is 12.3. The number of carbonyl (C=O) groups excluding carboxylic acids is 2. The first-order chi connectivity index (χ1) is 11.9. The summed E-state index contributed by atoms with van der Waals surface area (Å²) in [4.78, 5) is 24.4. The number of para-hydroxylation sites is 1. The number of esters is 1. The van der Waals surface area contributed by atoms with Gasteiger partial charge < -0.3 is 10.1 Å². The van der Waals surface area contributed by atoms with Gasteiger partial charge >= 0.3 is 5.97 Å². The van der Waals surface area contributed by atoms with Crippen LogP contribution in [0.4, 0.5) is 5.69 Å². The topological polar surface area (TPSA) is 55.4 Å². The van der Waals surface area contributed by atoms with Crippen LogP contribution in [0.3, 0.4) is 0 Å². The Balaban J connectivity index is 2.02. The van der Waals surface area contributed by atoms with E-state index in [0.717, 1.165) is 29.7 Å². The van der Waals surface area contributed by atoms with Gasteiger partial charge in [-0.2, -0.15) is 0 Å². The van der Waals surface area contributed by atoms with Crippen molar-refractivity contribution >= 4 is 17.6 Å². The zero-order chi connectivity index (χ0) is 18.4. The van der Waals surface area contributed by atoms with Crippen LogP contribution in [-0.4, -0.2) is 18.5 Å². The van der Waals surface area contributed by atoms with Crippen molar-refractivity contribution < 1.29 is 14.3 Å². The maximum absolute atomic E-state index is 12.3. The standard InChI is InChI=1S/C21H29NO3/c1-14(2)17-11-8-12-18(15(3)4)20(17)22-19(23)13-25-21(24)16-9-6-5-7-10-16/h5-6,8,11-12,14-16H,7,9-10,13H2,1-4H3,(H,22,23)/t16-/m0/s1. The van der Waals surface area contributed by atoms with Crippen LogP contribution < -0.4 is 5.32 Å². The van der Waals surface area contributed by atoms with Gasteiger partial charge in [-0.1, -0.05) is 58.0 Å². The van der Waals surface area contributed by atoms with Crippen LogP contribution in [0.2, 0.25) is 0 Å². The number of benzene rings is 1. The minimum absolute atomic E-state index is 0.119. The third kappa shape index (κ3) is 5.18. The molecule has 0 aliphatic heterocycles. The molecular weight excluding hydrogens is 314 g/mol. The molecule has 1 aromatic carbocycles. The number of amides is 1. The molecular formula is C21H29NO3. The molecule has 1 N–H and O–H groups in total. The first-order valence-corrected chi connectivity index (χ1v) is 9.14. The molecule has 0 spiro atoms. The van der Waals surface area contributed by atoms with Crippen LogP contribution in [0.1, 0.15) is 69.9 Å². The molecule has 0 unspecified atom stereocenters. The highest BCUT2D eigenvalue weighted by Crippen LogP contribution is 2.32. The molecule has 0 fully saturated rings. The van der Waals surface area contributed by atoms with E-state index in [-0.39, 0.29) is 24.4 Å². The van der Waals surface area contributed by atoms with Crippen LogP contribution in [0.5, 0.6) is 0 Å². The summed E-state index contributed by atoms with van der Waals surface area (Å²) in [5.41, 5.74) is 3.06. The maximum Gasteiger partial charge on any atom is 0.309 e. The van der Waals surface area contributed by atoms with Crippen LogP contribution in [-0.2, 0) is 14.3 Å². The van der Waals surface area contributed by atoms with Gasteiger partial charge in [0.15, 0.2) is 6.61 Å². The van der Waals surface area contributed by atoms with Gasteiger partial charge in [0.2, 0.25) is 0 Å². The van der Waals surface area contributed by atoms with E-state index in [9.17, 15) is 9.59 Å². The number of ether oxygens (including phenoxy) is 1. The highest BCUT2D eigenvalue weighted by Gasteiger charge is 2.22. The van der Waals surface area contributed by atoms with E-state index in [4.69, 9.17) is 4.74 Å². The molecule has 0 saturated carbocycles. The molecule has 4 nitrogen and oxygen atoms in total. The number of allylic oxidation sites excluding steroid dienone is 2. The van der Waals surface area contributed by atoms with Crippen LogP contribution in [0, 0.1) is 5.92 Å². The summed E-state index contributed by atoms with van der Waals surface area (Å²) >= 11 is 0. The molecule has 0 aromatic heterocycles. The average molecular weight is 343 g/mol. The van der Waals surface area contributed by atoms with Crippen LogP contribution >= 0.6 is 0 Å². The lowest BCUT2D eigenvalue weighted by atomic mass is 9.92. The Hall–Kier alpha value is -2.10. The Bertz CT molecular complexity index is 620. The monoisotopic (exact) mass is 343 g/mol. The van der Waals surface area contributed by atoms with Crippen LogP contribution in [0.25, 0.3) is 0 Å². The number of rotatable bonds is 6. The molecule has 0 saturated heterocycles. The van der Waals surface area contributed by atoms with Crippen molar-refractivity contribution in [3.8, 4) is 0 Å². The lowest BCUT2D eigenvalue weighted by Crippen LogP contribution is -2.26. The van der Waals surface area contributed by atoms with Crippen molar-refractivity contribution in [3.63, 3.8) is 0 Å². The molecule has 1 atom stereocenters. The molecule has 136 valence electrons. The fraction of sp³-hybridized carbons (Fsp3) is 0.524. The molecule has 0 heterocycles. The fourth-order valence-electron chi connectivity index (χ4n) is 3.13. The Morgan fingerprint density at radius 2 is 1.76 bits per heavy atom. The minimum Gasteiger partial charge on any atom is -0.455 e. The Morgan fingerprint density at radius 3 is 2.28 bits per heavy atom. The molecule has 1 amide bonds. The lowest BCUT2D eigenvalue weighted by molar-refractivity contribution is -0.151. The molecule has 1 aromatic rings. The van der Waals surface area contributed by atoms with E-state index in [1.165, 1.54) is 0 Å². The molecule has 2 rings (SSSR count). The summed E-state index contributed by atoms with van der Waals surface area (Å²) in [7, 11) is 0. The van der Waals surface area contributed by atoms with Gasteiger partial charge in [0.25, 0.3) is 5.91 Å². The van der Waals surface area contributed by atoms with E-state index in [0.29, 0.717) is 18.3 Å².